The molecule has 0 atom stereocenters. The molecule has 0 N–H and O–H groups in total. The summed E-state index contributed by atoms with van der Waals surface area (Å²) in [6, 6.07) is 10.9. The fourth-order valence-electron chi connectivity index (χ4n) is 2.53. The van der Waals surface area contributed by atoms with Crippen LogP contribution in [0.25, 0.3) is 0 Å². The summed E-state index contributed by atoms with van der Waals surface area (Å²) >= 11 is 0. The molecule has 0 radical (unpaired) electrons. The van der Waals surface area contributed by atoms with Crippen LogP contribution in [-0.4, -0.2) is 18.5 Å². The maximum atomic E-state index is 4.17. The zero-order valence-corrected chi connectivity index (χ0v) is 11.8. The fourth-order valence-corrected chi connectivity index (χ4v) is 6.65. The first-order valence-corrected chi connectivity index (χ1v) is 9.36. The van der Waals surface area contributed by atoms with E-state index in [4.69, 9.17) is 0 Å². The molecule has 0 nitrogen and oxygen atoms in total. The second-order valence-corrected chi connectivity index (χ2v) is 11.6. The summed E-state index contributed by atoms with van der Waals surface area (Å²) in [7, 11) is 0. The van der Waals surface area contributed by atoms with Gasteiger partial charge in [-0.1, -0.05) is 0 Å². The second kappa shape index (κ2) is 5.15. The van der Waals surface area contributed by atoms with Gasteiger partial charge in [-0.15, -0.1) is 0 Å². The molecule has 0 saturated carbocycles. The van der Waals surface area contributed by atoms with Gasteiger partial charge in [-0.05, 0) is 0 Å². The van der Waals surface area contributed by atoms with Gasteiger partial charge < -0.3 is 0 Å². The maximum absolute atomic E-state index is 4.17. The van der Waals surface area contributed by atoms with Gasteiger partial charge in [0.25, 0.3) is 0 Å². The first kappa shape index (κ1) is 13.5. The zero-order valence-electron chi connectivity index (χ0n) is 10.9. The van der Waals surface area contributed by atoms with Crippen LogP contribution >= 0.6 is 6.60 Å². The van der Waals surface area contributed by atoms with E-state index in [2.05, 4.69) is 63.5 Å². The van der Waals surface area contributed by atoms with E-state index in [0.717, 1.165) is 0 Å². The van der Waals surface area contributed by atoms with Crippen molar-refractivity contribution < 1.29 is 0 Å². The molecule has 0 fully saturated rings. The molecule has 0 bridgehead atoms. The summed E-state index contributed by atoms with van der Waals surface area (Å²) in [6.07, 6.45) is 5.10. The van der Waals surface area contributed by atoms with E-state index < -0.39 is 6.60 Å². The Morgan fingerprint density at radius 3 is 1.88 bits per heavy atom. The van der Waals surface area contributed by atoms with Crippen molar-refractivity contribution in [3.63, 3.8) is 0 Å². The fraction of sp³-hybridized carbons (Fsp3) is 0.467. The van der Waals surface area contributed by atoms with Crippen LogP contribution in [0.4, 0.5) is 0 Å². The summed E-state index contributed by atoms with van der Waals surface area (Å²) < 4.78 is 0. The third-order valence-electron chi connectivity index (χ3n) is 4.53. The van der Waals surface area contributed by atoms with Gasteiger partial charge in [0.1, 0.15) is 0 Å². The first-order valence-electron chi connectivity index (χ1n) is 6.32. The average Bonchev–Trinajstić information content (AvgIpc) is 2.38. The van der Waals surface area contributed by atoms with Crippen molar-refractivity contribution in [3.05, 3.63) is 48.3 Å². The SMILES string of the molecule is C=CP(CC)(CC)(CC)Cc1ccccc1. The van der Waals surface area contributed by atoms with Gasteiger partial charge in [0.2, 0.25) is 0 Å². The van der Waals surface area contributed by atoms with Crippen LogP contribution in [0.1, 0.15) is 26.3 Å². The van der Waals surface area contributed by atoms with Crippen molar-refractivity contribution in [1.82, 2.24) is 0 Å². The van der Waals surface area contributed by atoms with Gasteiger partial charge in [0.15, 0.2) is 0 Å². The molecule has 0 spiro atoms. The van der Waals surface area contributed by atoms with Crippen molar-refractivity contribution in [3.8, 4) is 0 Å². The molecule has 0 unspecified atom stereocenters. The molecule has 0 aliphatic carbocycles. The van der Waals surface area contributed by atoms with E-state index >= 15 is 0 Å². The number of benzene rings is 1. The molecule has 0 aliphatic heterocycles. The molecule has 90 valence electrons. The third kappa shape index (κ3) is 2.38. The Morgan fingerprint density at radius 2 is 1.50 bits per heavy atom. The molecule has 1 aromatic carbocycles. The van der Waals surface area contributed by atoms with E-state index in [1.807, 2.05) is 0 Å². The quantitative estimate of drug-likeness (QED) is 0.613. The number of hydrogen-bond acceptors (Lipinski definition) is 0. The Bertz CT molecular complexity index is 325. The zero-order chi connectivity index (χ0) is 12.1. The predicted molar refractivity (Wildman–Crippen MR) is 78.9 cm³/mol. The second-order valence-electron chi connectivity index (χ2n) is 4.85. The van der Waals surface area contributed by atoms with Crippen molar-refractivity contribution in [1.29, 1.82) is 0 Å². The first-order chi connectivity index (χ1) is 7.63. The molecule has 1 rings (SSSR count). The Morgan fingerprint density at radius 1 is 1.00 bits per heavy atom. The molecular formula is C15H25P. The molecule has 16 heavy (non-hydrogen) atoms. The minimum absolute atomic E-state index is 1.24. The summed E-state index contributed by atoms with van der Waals surface area (Å²) in [6.45, 7) is 9.51. The van der Waals surface area contributed by atoms with Crippen molar-refractivity contribution >= 4 is 6.60 Å². The monoisotopic (exact) mass is 236 g/mol. The average molecular weight is 236 g/mol. The van der Waals surface area contributed by atoms with E-state index in [1.165, 1.54) is 30.2 Å². The van der Waals surface area contributed by atoms with Crippen LogP contribution in [0.5, 0.6) is 0 Å². The number of rotatable bonds is 6. The van der Waals surface area contributed by atoms with Gasteiger partial charge in [0.05, 0.1) is 0 Å². The van der Waals surface area contributed by atoms with Crippen LogP contribution in [0, 0.1) is 0 Å². The van der Waals surface area contributed by atoms with Crippen molar-refractivity contribution in [2.24, 2.45) is 0 Å². The van der Waals surface area contributed by atoms with E-state index in [0.29, 0.717) is 0 Å². The van der Waals surface area contributed by atoms with Crippen LogP contribution in [-0.2, 0) is 6.16 Å². The van der Waals surface area contributed by atoms with E-state index in [9.17, 15) is 0 Å². The summed E-state index contributed by atoms with van der Waals surface area (Å²) in [5.74, 6) is 2.33. The molecule has 0 saturated heterocycles. The Kier molecular flexibility index (Phi) is 4.33. The van der Waals surface area contributed by atoms with Crippen LogP contribution in [0.15, 0.2) is 42.7 Å². The molecule has 0 aliphatic rings. The summed E-state index contributed by atoms with van der Waals surface area (Å²) in [5, 5.41) is 0. The Labute approximate surface area is 101 Å². The van der Waals surface area contributed by atoms with Gasteiger partial charge in [-0.3, -0.25) is 0 Å². The molecule has 1 heteroatoms. The van der Waals surface area contributed by atoms with Gasteiger partial charge in [-0.2, -0.15) is 0 Å². The molecule has 1 aromatic rings. The van der Waals surface area contributed by atoms with Crippen LogP contribution < -0.4 is 0 Å². The predicted octanol–water partition coefficient (Wildman–Crippen LogP) is 4.94. The standard InChI is InChI=1S/C15H25P/c1-5-16(6-2,7-3,8-4)14-15-12-10-9-11-13-15/h5,9-13H,1,6-8,14H2,2-4H3. The van der Waals surface area contributed by atoms with Crippen molar-refractivity contribution in [2.45, 2.75) is 26.9 Å². The van der Waals surface area contributed by atoms with Gasteiger partial charge in [-0.25, -0.2) is 0 Å². The van der Waals surface area contributed by atoms with Crippen molar-refractivity contribution in [2.75, 3.05) is 18.5 Å². The van der Waals surface area contributed by atoms with E-state index in [1.54, 1.807) is 0 Å². The Balaban J connectivity index is 3.09. The summed E-state index contributed by atoms with van der Waals surface area (Å²) in [5.41, 5.74) is 1.48. The topological polar surface area (TPSA) is 0 Å². The third-order valence-corrected chi connectivity index (χ3v) is 11.9. The minimum atomic E-state index is -1.69. The number of hydrogen-bond donors (Lipinski definition) is 0. The normalized spacial score (nSPS) is 14.1. The molecule has 0 amide bonds. The Hall–Kier alpha value is -0.610. The molecule has 0 heterocycles. The van der Waals surface area contributed by atoms with E-state index in [-0.39, 0.29) is 0 Å². The molecular weight excluding hydrogens is 211 g/mol. The molecule has 0 aromatic heterocycles. The van der Waals surface area contributed by atoms with Gasteiger partial charge in [0, 0.05) is 0 Å². The summed E-state index contributed by atoms with van der Waals surface area (Å²) in [4.78, 5) is 0. The van der Waals surface area contributed by atoms with Crippen LogP contribution in [0.3, 0.4) is 0 Å². The van der Waals surface area contributed by atoms with Gasteiger partial charge >= 0.3 is 100 Å². The van der Waals surface area contributed by atoms with Crippen LogP contribution in [0.2, 0.25) is 0 Å².